The van der Waals surface area contributed by atoms with Gasteiger partial charge in [0.05, 0.1) is 12.4 Å². The molecule has 7 nitrogen and oxygen atoms in total. The van der Waals surface area contributed by atoms with E-state index in [1.807, 2.05) is 75.6 Å². The van der Waals surface area contributed by atoms with Crippen molar-refractivity contribution in [2.24, 2.45) is 0 Å². The van der Waals surface area contributed by atoms with Crippen LogP contribution in [0.1, 0.15) is 36.4 Å². The van der Waals surface area contributed by atoms with Crippen LogP contribution in [-0.4, -0.2) is 33.0 Å². The Bertz CT molecular complexity index is 1060. The molecule has 0 atom stereocenters. The van der Waals surface area contributed by atoms with Gasteiger partial charge in [-0.1, -0.05) is 36.0 Å². The number of nitrogens with zero attached hydrogens (tertiary/aromatic N) is 3. The number of para-hydroxylation sites is 1. The minimum absolute atomic E-state index is 0.0723. The molecule has 0 fully saturated rings. The van der Waals surface area contributed by atoms with Crippen LogP contribution < -0.4 is 14.8 Å². The van der Waals surface area contributed by atoms with Crippen LogP contribution in [0, 0.1) is 20.8 Å². The number of aryl methyl sites for hydroxylation is 3. The summed E-state index contributed by atoms with van der Waals surface area (Å²) < 4.78 is 13.6. The second-order valence-corrected chi connectivity index (χ2v) is 8.36. The zero-order chi connectivity index (χ0) is 23.1. The Morgan fingerprint density at radius 1 is 1.03 bits per heavy atom. The number of carbonyl (C=O) groups excluding carboxylic acids is 1. The minimum atomic E-state index is -0.0723. The van der Waals surface area contributed by atoms with E-state index >= 15 is 0 Å². The Kier molecular flexibility index (Phi) is 8.16. The zero-order valence-corrected chi connectivity index (χ0v) is 20.1. The van der Waals surface area contributed by atoms with E-state index in [2.05, 4.69) is 15.5 Å². The van der Waals surface area contributed by atoms with E-state index in [-0.39, 0.29) is 18.3 Å². The number of benzene rings is 2. The van der Waals surface area contributed by atoms with Crippen LogP contribution in [0.25, 0.3) is 0 Å². The molecule has 3 aromatic rings. The Balaban J connectivity index is 1.63. The Labute approximate surface area is 193 Å². The molecule has 0 aliphatic heterocycles. The number of thioether (sulfide) groups is 1. The van der Waals surface area contributed by atoms with E-state index < -0.39 is 0 Å². The first-order chi connectivity index (χ1) is 15.4. The van der Waals surface area contributed by atoms with E-state index in [1.165, 1.54) is 11.8 Å². The van der Waals surface area contributed by atoms with Crippen LogP contribution in [0.4, 0.5) is 5.69 Å². The molecule has 3 rings (SSSR count). The van der Waals surface area contributed by atoms with Gasteiger partial charge in [-0.25, -0.2) is 0 Å². The first kappa shape index (κ1) is 23.7. The van der Waals surface area contributed by atoms with Crippen LogP contribution in [-0.2, 0) is 17.9 Å². The van der Waals surface area contributed by atoms with Gasteiger partial charge in [-0.3, -0.25) is 4.79 Å². The number of anilines is 1. The van der Waals surface area contributed by atoms with Crippen molar-refractivity contribution in [3.8, 4) is 11.5 Å². The van der Waals surface area contributed by atoms with Gasteiger partial charge in [0.1, 0.15) is 6.61 Å². The summed E-state index contributed by atoms with van der Waals surface area (Å²) in [6.45, 7) is 11.5. The summed E-state index contributed by atoms with van der Waals surface area (Å²) in [4.78, 5) is 12.5. The summed E-state index contributed by atoms with van der Waals surface area (Å²) in [5.74, 6) is 2.27. The van der Waals surface area contributed by atoms with Crippen molar-refractivity contribution >= 4 is 23.4 Å². The van der Waals surface area contributed by atoms with Gasteiger partial charge in [0, 0.05) is 12.2 Å². The highest BCUT2D eigenvalue weighted by atomic mass is 32.2. The third-order valence-corrected chi connectivity index (χ3v) is 5.91. The molecule has 2 aromatic carbocycles. The first-order valence-electron chi connectivity index (χ1n) is 10.7. The number of aromatic nitrogens is 3. The van der Waals surface area contributed by atoms with Crippen molar-refractivity contribution in [3.63, 3.8) is 0 Å². The number of ether oxygens (including phenoxy) is 2. The van der Waals surface area contributed by atoms with Crippen LogP contribution in [0.15, 0.2) is 41.6 Å². The maximum absolute atomic E-state index is 12.5. The molecule has 1 aromatic heterocycles. The fourth-order valence-electron chi connectivity index (χ4n) is 3.31. The smallest absolute Gasteiger partial charge is 0.234 e. The molecular weight excluding hydrogens is 424 g/mol. The molecule has 0 saturated carbocycles. The predicted octanol–water partition coefficient (Wildman–Crippen LogP) is 4.93. The Morgan fingerprint density at radius 3 is 2.47 bits per heavy atom. The summed E-state index contributed by atoms with van der Waals surface area (Å²) in [5.41, 5.74) is 4.06. The van der Waals surface area contributed by atoms with Gasteiger partial charge in [-0.05, 0) is 63.4 Å². The number of hydrogen-bond donors (Lipinski definition) is 1. The van der Waals surface area contributed by atoms with Crippen molar-refractivity contribution in [1.82, 2.24) is 14.8 Å². The Hall–Kier alpha value is -3.00. The average molecular weight is 455 g/mol. The molecule has 0 bridgehead atoms. The molecule has 32 heavy (non-hydrogen) atoms. The van der Waals surface area contributed by atoms with Gasteiger partial charge in [-0.15, -0.1) is 10.2 Å². The highest BCUT2D eigenvalue weighted by Crippen LogP contribution is 2.29. The second kappa shape index (κ2) is 11.0. The zero-order valence-electron chi connectivity index (χ0n) is 19.3. The summed E-state index contributed by atoms with van der Waals surface area (Å²) in [6.07, 6.45) is 0. The van der Waals surface area contributed by atoms with Crippen LogP contribution >= 0.6 is 11.8 Å². The lowest BCUT2D eigenvalue weighted by molar-refractivity contribution is -0.113. The summed E-state index contributed by atoms with van der Waals surface area (Å²) >= 11 is 1.36. The van der Waals surface area contributed by atoms with E-state index in [4.69, 9.17) is 9.47 Å². The largest absolute Gasteiger partial charge is 0.490 e. The quantitative estimate of drug-likeness (QED) is 0.438. The third kappa shape index (κ3) is 5.82. The molecule has 0 aliphatic rings. The van der Waals surface area contributed by atoms with Gasteiger partial charge < -0.3 is 19.4 Å². The van der Waals surface area contributed by atoms with E-state index in [1.54, 1.807) is 0 Å². The van der Waals surface area contributed by atoms with Crippen molar-refractivity contribution in [1.29, 1.82) is 0 Å². The summed E-state index contributed by atoms with van der Waals surface area (Å²) in [6, 6.07) is 11.8. The highest BCUT2D eigenvalue weighted by molar-refractivity contribution is 7.99. The lowest BCUT2D eigenvalue weighted by Gasteiger charge is -2.13. The molecule has 1 amide bonds. The number of carbonyl (C=O) groups is 1. The van der Waals surface area contributed by atoms with E-state index in [9.17, 15) is 4.79 Å². The molecule has 0 radical (unpaired) electrons. The average Bonchev–Trinajstić information content (AvgIpc) is 3.16. The summed E-state index contributed by atoms with van der Waals surface area (Å²) in [5, 5.41) is 12.2. The standard InChI is InChI=1S/C24H30N4O3S/c1-6-28-21(14-31-19-12-11-16(3)13-20(19)30-7-2)26-27-24(28)32-15-22(29)25-23-17(4)9-8-10-18(23)5/h8-13H,6-7,14-15H2,1-5H3,(H,25,29). The number of hydrogen-bond acceptors (Lipinski definition) is 6. The SMILES string of the molecule is CCOc1cc(C)ccc1OCc1nnc(SCC(=O)Nc2c(C)cccc2C)n1CC. The second-order valence-electron chi connectivity index (χ2n) is 7.42. The number of nitrogens with one attached hydrogen (secondary N) is 1. The maximum atomic E-state index is 12.5. The lowest BCUT2D eigenvalue weighted by Crippen LogP contribution is -2.16. The Morgan fingerprint density at radius 2 is 1.78 bits per heavy atom. The normalized spacial score (nSPS) is 10.8. The third-order valence-electron chi connectivity index (χ3n) is 4.94. The topological polar surface area (TPSA) is 78.3 Å². The lowest BCUT2D eigenvalue weighted by atomic mass is 10.1. The van der Waals surface area contributed by atoms with E-state index in [0.29, 0.717) is 35.6 Å². The molecule has 0 aliphatic carbocycles. The number of amides is 1. The maximum Gasteiger partial charge on any atom is 0.234 e. The van der Waals surface area contributed by atoms with Gasteiger partial charge in [0.25, 0.3) is 0 Å². The van der Waals surface area contributed by atoms with Crippen LogP contribution in [0.5, 0.6) is 11.5 Å². The van der Waals surface area contributed by atoms with Crippen LogP contribution in [0.3, 0.4) is 0 Å². The van der Waals surface area contributed by atoms with Crippen molar-refractivity contribution < 1.29 is 14.3 Å². The predicted molar refractivity (Wildman–Crippen MR) is 128 cm³/mol. The molecule has 1 N–H and O–H groups in total. The number of rotatable bonds is 10. The molecule has 1 heterocycles. The van der Waals surface area contributed by atoms with Gasteiger partial charge in [-0.2, -0.15) is 0 Å². The highest BCUT2D eigenvalue weighted by Gasteiger charge is 2.15. The minimum Gasteiger partial charge on any atom is -0.490 e. The molecular formula is C24H30N4O3S. The van der Waals surface area contributed by atoms with Crippen molar-refractivity contribution in [3.05, 3.63) is 58.9 Å². The molecule has 0 saturated heterocycles. The molecule has 0 unspecified atom stereocenters. The monoisotopic (exact) mass is 454 g/mol. The van der Waals surface area contributed by atoms with Gasteiger partial charge in [0.15, 0.2) is 22.5 Å². The van der Waals surface area contributed by atoms with E-state index in [0.717, 1.165) is 22.4 Å². The molecule has 170 valence electrons. The van der Waals surface area contributed by atoms with Crippen molar-refractivity contribution in [2.45, 2.75) is 52.9 Å². The van der Waals surface area contributed by atoms with Crippen molar-refractivity contribution in [2.75, 3.05) is 17.7 Å². The fraction of sp³-hybridized carbons (Fsp3) is 0.375. The fourth-order valence-corrected chi connectivity index (χ4v) is 4.13. The van der Waals surface area contributed by atoms with Gasteiger partial charge >= 0.3 is 0 Å². The molecule has 0 spiro atoms. The van der Waals surface area contributed by atoms with Crippen LogP contribution in [0.2, 0.25) is 0 Å². The first-order valence-corrected chi connectivity index (χ1v) is 11.7. The summed E-state index contributed by atoms with van der Waals surface area (Å²) in [7, 11) is 0. The van der Waals surface area contributed by atoms with Gasteiger partial charge in [0.2, 0.25) is 5.91 Å². The molecule has 8 heteroatoms.